The third-order valence-corrected chi connectivity index (χ3v) is 5.08. The molecule has 148 valence electrons. The average Bonchev–Trinajstić information content (AvgIpc) is 3.30. The molecule has 0 saturated heterocycles. The van der Waals surface area contributed by atoms with Gasteiger partial charge in [-0.25, -0.2) is 4.79 Å². The fraction of sp³-hybridized carbons (Fsp3) is 0.130. The molecule has 29 heavy (non-hydrogen) atoms. The Morgan fingerprint density at radius 1 is 1.03 bits per heavy atom. The molecule has 0 aliphatic rings. The minimum atomic E-state index is -0.580. The Morgan fingerprint density at radius 3 is 2.45 bits per heavy atom. The van der Waals surface area contributed by atoms with Gasteiger partial charge in [-0.2, -0.15) is 0 Å². The first-order valence-electron chi connectivity index (χ1n) is 9.02. The second-order valence-electron chi connectivity index (χ2n) is 6.14. The third kappa shape index (κ3) is 6.05. The lowest BCUT2D eigenvalue weighted by Crippen LogP contribution is -2.32. The van der Waals surface area contributed by atoms with E-state index in [1.807, 2.05) is 60.0 Å². The number of carbonyl (C=O) groups is 2. The number of esters is 1. The predicted molar refractivity (Wildman–Crippen MR) is 114 cm³/mol. The van der Waals surface area contributed by atoms with Gasteiger partial charge in [-0.3, -0.25) is 4.79 Å². The molecule has 5 nitrogen and oxygen atoms in total. The fourth-order valence-electron chi connectivity index (χ4n) is 2.69. The van der Waals surface area contributed by atoms with Crippen LogP contribution in [-0.2, 0) is 14.3 Å². The molecule has 0 radical (unpaired) electrons. The van der Waals surface area contributed by atoms with Crippen LogP contribution < -0.4 is 10.1 Å². The Balaban J connectivity index is 1.55. The van der Waals surface area contributed by atoms with Crippen LogP contribution in [0.15, 0.2) is 78.2 Å². The van der Waals surface area contributed by atoms with Crippen molar-refractivity contribution in [2.75, 3.05) is 13.7 Å². The molecule has 6 heteroatoms. The molecular formula is C23H21NO4S. The number of thiophene rings is 1. The van der Waals surface area contributed by atoms with Crippen LogP contribution in [0.2, 0.25) is 0 Å². The van der Waals surface area contributed by atoms with Gasteiger partial charge in [0.05, 0.1) is 13.2 Å². The Labute approximate surface area is 173 Å². The van der Waals surface area contributed by atoms with Crippen molar-refractivity contribution in [2.45, 2.75) is 6.04 Å². The lowest BCUT2D eigenvalue weighted by Gasteiger charge is -2.18. The van der Waals surface area contributed by atoms with Gasteiger partial charge in [0.25, 0.3) is 5.91 Å². The first kappa shape index (κ1) is 20.4. The van der Waals surface area contributed by atoms with Crippen molar-refractivity contribution in [1.29, 1.82) is 0 Å². The molecule has 0 aliphatic heterocycles. The Bertz CT molecular complexity index is 950. The van der Waals surface area contributed by atoms with E-state index in [1.54, 1.807) is 36.7 Å². The highest BCUT2D eigenvalue weighted by Crippen LogP contribution is 2.25. The van der Waals surface area contributed by atoms with E-state index < -0.39 is 5.97 Å². The van der Waals surface area contributed by atoms with Crippen molar-refractivity contribution >= 4 is 29.3 Å². The van der Waals surface area contributed by atoms with Crippen LogP contribution in [0, 0.1) is 0 Å². The number of hydrogen-bond donors (Lipinski definition) is 1. The largest absolute Gasteiger partial charge is 0.497 e. The molecule has 1 aromatic heterocycles. The van der Waals surface area contributed by atoms with E-state index >= 15 is 0 Å². The summed E-state index contributed by atoms with van der Waals surface area (Å²) in [7, 11) is 1.59. The topological polar surface area (TPSA) is 64.6 Å². The smallest absolute Gasteiger partial charge is 0.331 e. The number of benzene rings is 2. The van der Waals surface area contributed by atoms with Gasteiger partial charge in [-0.1, -0.05) is 48.5 Å². The maximum absolute atomic E-state index is 12.3. The van der Waals surface area contributed by atoms with Crippen molar-refractivity contribution < 1.29 is 19.1 Å². The number of rotatable bonds is 8. The summed E-state index contributed by atoms with van der Waals surface area (Å²) in [6.07, 6.45) is 2.92. The lowest BCUT2D eigenvalue weighted by atomic mass is 10.1. The van der Waals surface area contributed by atoms with E-state index in [0.29, 0.717) is 0 Å². The number of methoxy groups -OCH3 is 1. The molecule has 3 rings (SSSR count). The van der Waals surface area contributed by atoms with Crippen molar-refractivity contribution in [3.63, 3.8) is 0 Å². The monoisotopic (exact) mass is 407 g/mol. The highest BCUT2D eigenvalue weighted by Gasteiger charge is 2.18. The Hall–Kier alpha value is -3.38. The van der Waals surface area contributed by atoms with Gasteiger partial charge in [-0.15, -0.1) is 11.3 Å². The molecule has 0 spiro atoms. The minimum Gasteiger partial charge on any atom is -0.497 e. The van der Waals surface area contributed by atoms with Crippen molar-refractivity contribution in [3.05, 3.63) is 94.2 Å². The fourth-order valence-corrected chi connectivity index (χ4v) is 3.49. The van der Waals surface area contributed by atoms with Crippen LogP contribution >= 0.6 is 11.3 Å². The zero-order chi connectivity index (χ0) is 20.5. The molecule has 1 heterocycles. The summed E-state index contributed by atoms with van der Waals surface area (Å²) in [4.78, 5) is 25.3. The predicted octanol–water partition coefficient (Wildman–Crippen LogP) is 4.22. The van der Waals surface area contributed by atoms with Gasteiger partial charge < -0.3 is 14.8 Å². The van der Waals surface area contributed by atoms with Crippen LogP contribution in [0.25, 0.3) is 6.08 Å². The van der Waals surface area contributed by atoms with Crippen LogP contribution in [0.5, 0.6) is 5.75 Å². The van der Waals surface area contributed by atoms with Crippen LogP contribution in [0.1, 0.15) is 22.0 Å². The maximum atomic E-state index is 12.3. The summed E-state index contributed by atoms with van der Waals surface area (Å²) >= 11 is 1.56. The summed E-state index contributed by atoms with van der Waals surface area (Å²) in [5.74, 6) is -0.207. The van der Waals surface area contributed by atoms with Gasteiger partial charge in [0.1, 0.15) is 5.75 Å². The van der Waals surface area contributed by atoms with Gasteiger partial charge in [0.15, 0.2) is 6.61 Å². The van der Waals surface area contributed by atoms with Crippen LogP contribution in [-0.4, -0.2) is 25.6 Å². The van der Waals surface area contributed by atoms with Crippen LogP contribution in [0.4, 0.5) is 0 Å². The highest BCUT2D eigenvalue weighted by atomic mass is 32.1. The minimum absolute atomic E-state index is 0.280. The summed E-state index contributed by atoms with van der Waals surface area (Å²) in [5, 5.41) is 4.89. The quantitative estimate of drug-likeness (QED) is 0.449. The lowest BCUT2D eigenvalue weighted by molar-refractivity contribution is -0.143. The van der Waals surface area contributed by atoms with Gasteiger partial charge in [0, 0.05) is 11.0 Å². The molecule has 2 aromatic carbocycles. The molecule has 3 aromatic rings. The maximum Gasteiger partial charge on any atom is 0.331 e. The Kier molecular flexibility index (Phi) is 7.19. The average molecular weight is 407 g/mol. The van der Waals surface area contributed by atoms with Gasteiger partial charge >= 0.3 is 5.97 Å². The molecule has 0 saturated carbocycles. The summed E-state index contributed by atoms with van der Waals surface area (Å²) in [5.41, 5.74) is 1.79. The summed E-state index contributed by atoms with van der Waals surface area (Å²) in [6, 6.07) is 20.5. The SMILES string of the molecule is COc1ccc(/C=C/C(=O)OCC(=O)N[C@H](c2ccccc2)c2cccs2)cc1. The number of amides is 1. The molecule has 0 aliphatic carbocycles. The number of hydrogen-bond acceptors (Lipinski definition) is 5. The van der Waals surface area contributed by atoms with E-state index in [4.69, 9.17) is 9.47 Å². The highest BCUT2D eigenvalue weighted by molar-refractivity contribution is 7.10. The second-order valence-corrected chi connectivity index (χ2v) is 7.12. The molecule has 1 atom stereocenters. The zero-order valence-electron chi connectivity index (χ0n) is 15.9. The van der Waals surface area contributed by atoms with E-state index in [9.17, 15) is 9.59 Å². The first-order valence-corrected chi connectivity index (χ1v) is 9.90. The van der Waals surface area contributed by atoms with E-state index in [2.05, 4.69) is 5.32 Å². The first-order chi connectivity index (χ1) is 14.2. The number of ether oxygens (including phenoxy) is 2. The normalized spacial score (nSPS) is 11.8. The molecule has 0 unspecified atom stereocenters. The van der Waals surface area contributed by atoms with Crippen molar-refractivity contribution in [1.82, 2.24) is 5.32 Å². The Morgan fingerprint density at radius 2 is 1.79 bits per heavy atom. The van der Waals surface area contributed by atoms with E-state index in [-0.39, 0.29) is 18.6 Å². The zero-order valence-corrected chi connectivity index (χ0v) is 16.7. The molecule has 1 N–H and O–H groups in total. The standard InChI is InChI=1S/C23H21NO4S/c1-27-19-12-9-17(10-13-19)11-14-22(26)28-16-21(25)24-23(20-8-5-15-29-20)18-6-3-2-4-7-18/h2-15,23H,16H2,1H3,(H,24,25)/b14-11+/t23-/m1/s1. The summed E-state index contributed by atoms with van der Waals surface area (Å²) < 4.78 is 10.2. The summed E-state index contributed by atoms with van der Waals surface area (Å²) in [6.45, 7) is -0.347. The van der Waals surface area contributed by atoms with Crippen molar-refractivity contribution in [3.8, 4) is 5.75 Å². The molecular weight excluding hydrogens is 386 g/mol. The third-order valence-electron chi connectivity index (χ3n) is 4.14. The van der Waals surface area contributed by atoms with E-state index in [0.717, 1.165) is 21.8 Å². The van der Waals surface area contributed by atoms with Gasteiger partial charge in [0.2, 0.25) is 0 Å². The van der Waals surface area contributed by atoms with Crippen LogP contribution in [0.3, 0.4) is 0 Å². The number of nitrogens with one attached hydrogen (secondary N) is 1. The number of carbonyl (C=O) groups excluding carboxylic acids is 2. The van der Waals surface area contributed by atoms with Gasteiger partial charge in [-0.05, 0) is 40.8 Å². The van der Waals surface area contributed by atoms with E-state index in [1.165, 1.54) is 6.08 Å². The molecule has 0 fully saturated rings. The molecule has 0 bridgehead atoms. The molecule has 1 amide bonds. The second kappa shape index (κ2) is 10.2. The van der Waals surface area contributed by atoms with Crippen molar-refractivity contribution in [2.24, 2.45) is 0 Å².